The Morgan fingerprint density at radius 2 is 1.64 bits per heavy atom. The number of nitrogens with one attached hydrogen (secondary N) is 1. The average molecular weight is 542 g/mol. The Morgan fingerprint density at radius 1 is 0.949 bits per heavy atom. The van der Waals surface area contributed by atoms with Gasteiger partial charge < -0.3 is 14.8 Å². The number of rotatable bonds is 6. The third-order valence-corrected chi connectivity index (χ3v) is 7.31. The lowest BCUT2D eigenvalue weighted by Crippen LogP contribution is -2.48. The van der Waals surface area contributed by atoms with Crippen molar-refractivity contribution in [3.63, 3.8) is 0 Å². The Balaban J connectivity index is 1.32. The third-order valence-electron chi connectivity index (χ3n) is 7.06. The normalized spacial score (nSPS) is 15.7. The summed E-state index contributed by atoms with van der Waals surface area (Å²) in [7, 11) is 0. The van der Waals surface area contributed by atoms with E-state index in [2.05, 4.69) is 9.88 Å². The SMILES string of the molecule is O=C(Nc1ccc([N+](=O)[O-])cc1)N(CC(=O)N1c2ccccc2-n2cccc2[C@H]1c1ccc(Cl)cc1)C1CC1. The van der Waals surface area contributed by atoms with Crippen molar-refractivity contribution in [1.82, 2.24) is 9.47 Å². The van der Waals surface area contributed by atoms with Gasteiger partial charge in [0.15, 0.2) is 0 Å². The molecule has 9 nitrogen and oxygen atoms in total. The molecule has 4 aromatic rings. The number of nitro benzene ring substituents is 1. The molecule has 2 heterocycles. The van der Waals surface area contributed by atoms with Gasteiger partial charge in [-0.15, -0.1) is 0 Å². The summed E-state index contributed by atoms with van der Waals surface area (Å²) < 4.78 is 2.08. The first-order valence-corrected chi connectivity index (χ1v) is 12.9. The second-order valence-electron chi connectivity index (χ2n) is 9.60. The summed E-state index contributed by atoms with van der Waals surface area (Å²) in [6.07, 6.45) is 3.59. The maximum atomic E-state index is 14.2. The molecule has 1 aliphatic carbocycles. The Bertz CT molecular complexity index is 1560. The van der Waals surface area contributed by atoms with E-state index in [1.807, 2.05) is 66.9 Å². The van der Waals surface area contributed by atoms with E-state index in [4.69, 9.17) is 11.6 Å². The van der Waals surface area contributed by atoms with E-state index in [0.717, 1.165) is 35.5 Å². The summed E-state index contributed by atoms with van der Waals surface area (Å²) in [5.41, 5.74) is 3.81. The van der Waals surface area contributed by atoms with Crippen LogP contribution in [0.15, 0.2) is 91.1 Å². The number of urea groups is 1. The van der Waals surface area contributed by atoms with Gasteiger partial charge in [-0.25, -0.2) is 4.79 Å². The van der Waals surface area contributed by atoms with Crippen LogP contribution in [0.4, 0.5) is 21.9 Å². The lowest BCUT2D eigenvalue weighted by molar-refractivity contribution is -0.384. The van der Waals surface area contributed by atoms with Crippen molar-refractivity contribution in [2.45, 2.75) is 24.9 Å². The third kappa shape index (κ3) is 4.72. The van der Waals surface area contributed by atoms with E-state index in [9.17, 15) is 19.7 Å². The first-order valence-electron chi connectivity index (χ1n) is 12.6. The van der Waals surface area contributed by atoms with Crippen LogP contribution < -0.4 is 10.2 Å². The first-order chi connectivity index (χ1) is 18.9. The van der Waals surface area contributed by atoms with Gasteiger partial charge >= 0.3 is 6.03 Å². The minimum atomic E-state index is -0.495. The molecule has 1 aromatic heterocycles. The lowest BCUT2D eigenvalue weighted by atomic mass is 9.97. The number of halogens is 1. The van der Waals surface area contributed by atoms with E-state index < -0.39 is 17.0 Å². The summed E-state index contributed by atoms with van der Waals surface area (Å²) in [6, 6.07) is 23.8. The van der Waals surface area contributed by atoms with Gasteiger partial charge in [0.1, 0.15) is 12.6 Å². The minimum absolute atomic E-state index is 0.0510. The summed E-state index contributed by atoms with van der Waals surface area (Å²) in [6.45, 7) is -0.122. The molecule has 0 spiro atoms. The van der Waals surface area contributed by atoms with Crippen LogP contribution in [0.1, 0.15) is 30.1 Å². The monoisotopic (exact) mass is 541 g/mol. The molecule has 0 bridgehead atoms. The number of fused-ring (bicyclic) bond motifs is 3. The summed E-state index contributed by atoms with van der Waals surface area (Å²) in [4.78, 5) is 41.3. The molecule has 1 aliphatic heterocycles. The lowest BCUT2D eigenvalue weighted by Gasteiger charge is -2.39. The van der Waals surface area contributed by atoms with E-state index in [1.165, 1.54) is 24.3 Å². The summed E-state index contributed by atoms with van der Waals surface area (Å²) in [5, 5.41) is 14.4. The standard InChI is InChI=1S/C29H24ClN5O4/c30-20-9-7-19(8-10-20)28-26-6-3-17-32(26)24-4-1-2-5-25(24)34(28)27(36)18-33(22-15-16-22)29(37)31-21-11-13-23(14-12-21)35(38)39/h1-14,17,22,28H,15-16,18H2,(H,31,37)/t28-/m1/s1. The Kier molecular flexibility index (Phi) is 6.28. The molecule has 0 saturated heterocycles. The minimum Gasteiger partial charge on any atom is -0.316 e. The van der Waals surface area contributed by atoms with Gasteiger partial charge in [0.2, 0.25) is 5.91 Å². The molecule has 6 rings (SSSR count). The first kappa shape index (κ1) is 24.7. The number of aromatic nitrogens is 1. The van der Waals surface area contributed by atoms with Crippen LogP contribution in [0.25, 0.3) is 5.69 Å². The molecular formula is C29H24ClN5O4. The van der Waals surface area contributed by atoms with Gasteiger partial charge in [0.25, 0.3) is 5.69 Å². The topological polar surface area (TPSA) is 101 Å². The van der Waals surface area contributed by atoms with Crippen molar-refractivity contribution in [2.24, 2.45) is 0 Å². The number of hydrogen-bond donors (Lipinski definition) is 1. The largest absolute Gasteiger partial charge is 0.322 e. The van der Waals surface area contributed by atoms with Crippen molar-refractivity contribution < 1.29 is 14.5 Å². The molecule has 2 aliphatic rings. The van der Waals surface area contributed by atoms with E-state index in [1.54, 1.807) is 9.80 Å². The van der Waals surface area contributed by atoms with Crippen molar-refractivity contribution in [3.8, 4) is 5.69 Å². The van der Waals surface area contributed by atoms with E-state index in [0.29, 0.717) is 10.7 Å². The van der Waals surface area contributed by atoms with Crippen LogP contribution in [0.5, 0.6) is 0 Å². The number of non-ortho nitro benzene ring substituents is 1. The van der Waals surface area contributed by atoms with Gasteiger partial charge in [-0.05, 0) is 66.9 Å². The maximum absolute atomic E-state index is 14.2. The Morgan fingerprint density at radius 3 is 2.31 bits per heavy atom. The van der Waals surface area contributed by atoms with Crippen molar-refractivity contribution in [2.75, 3.05) is 16.8 Å². The van der Waals surface area contributed by atoms with Gasteiger partial charge in [0.05, 0.1) is 22.0 Å². The molecular weight excluding hydrogens is 518 g/mol. The molecule has 1 atom stereocenters. The fourth-order valence-corrected chi connectivity index (χ4v) is 5.19. The average Bonchev–Trinajstić information content (AvgIpc) is 3.66. The van der Waals surface area contributed by atoms with Gasteiger partial charge in [-0.1, -0.05) is 35.9 Å². The highest BCUT2D eigenvalue weighted by molar-refractivity contribution is 6.30. The zero-order valence-electron chi connectivity index (χ0n) is 20.7. The van der Waals surface area contributed by atoms with Crippen LogP contribution >= 0.6 is 11.6 Å². The highest BCUT2D eigenvalue weighted by Crippen LogP contribution is 2.42. The van der Waals surface area contributed by atoms with Crippen molar-refractivity contribution >= 4 is 40.6 Å². The number of para-hydroxylation sites is 2. The van der Waals surface area contributed by atoms with Gasteiger partial charge in [0, 0.05) is 35.1 Å². The van der Waals surface area contributed by atoms with Crippen LogP contribution in [0.3, 0.4) is 0 Å². The number of nitrogens with zero attached hydrogens (tertiary/aromatic N) is 4. The zero-order valence-corrected chi connectivity index (χ0v) is 21.5. The number of hydrogen-bond acceptors (Lipinski definition) is 4. The fraction of sp³-hybridized carbons (Fsp3) is 0.172. The Hall–Kier alpha value is -4.63. The summed E-state index contributed by atoms with van der Waals surface area (Å²) in [5.74, 6) is -0.222. The summed E-state index contributed by atoms with van der Waals surface area (Å²) >= 11 is 6.18. The highest BCUT2D eigenvalue weighted by Gasteiger charge is 2.40. The number of nitro groups is 1. The molecule has 0 radical (unpaired) electrons. The molecule has 0 unspecified atom stereocenters. The number of anilines is 2. The number of carbonyl (C=O) groups is 2. The molecule has 196 valence electrons. The van der Waals surface area contributed by atoms with Crippen molar-refractivity contribution in [3.05, 3.63) is 118 Å². The van der Waals surface area contributed by atoms with Gasteiger partial charge in [-0.3, -0.25) is 19.8 Å². The molecule has 10 heteroatoms. The predicted molar refractivity (Wildman–Crippen MR) is 148 cm³/mol. The van der Waals surface area contributed by atoms with E-state index in [-0.39, 0.29) is 24.2 Å². The molecule has 1 saturated carbocycles. The number of amides is 3. The van der Waals surface area contributed by atoms with Crippen molar-refractivity contribution in [1.29, 1.82) is 0 Å². The molecule has 39 heavy (non-hydrogen) atoms. The van der Waals surface area contributed by atoms with E-state index >= 15 is 0 Å². The smallest absolute Gasteiger partial charge is 0.316 e. The highest BCUT2D eigenvalue weighted by atomic mass is 35.5. The second kappa shape index (κ2) is 9.92. The molecule has 1 fully saturated rings. The quantitative estimate of drug-likeness (QED) is 0.233. The fourth-order valence-electron chi connectivity index (χ4n) is 5.06. The van der Waals surface area contributed by atoms with Crippen LogP contribution in [-0.2, 0) is 4.79 Å². The Labute approximate surface area is 229 Å². The molecule has 3 amide bonds. The van der Waals surface area contributed by atoms with Crippen LogP contribution in [-0.4, -0.2) is 38.9 Å². The van der Waals surface area contributed by atoms with Crippen LogP contribution in [0.2, 0.25) is 5.02 Å². The molecule has 1 N–H and O–H groups in total. The second-order valence-corrected chi connectivity index (χ2v) is 10.0. The zero-order chi connectivity index (χ0) is 27.1. The number of benzene rings is 3. The number of carbonyl (C=O) groups excluding carboxylic acids is 2. The molecule has 3 aromatic carbocycles. The van der Waals surface area contributed by atoms with Gasteiger partial charge in [-0.2, -0.15) is 0 Å². The maximum Gasteiger partial charge on any atom is 0.322 e. The van der Waals surface area contributed by atoms with Crippen LogP contribution in [0, 0.1) is 10.1 Å². The predicted octanol–water partition coefficient (Wildman–Crippen LogP) is 6.17.